The summed E-state index contributed by atoms with van der Waals surface area (Å²) in [6, 6.07) is 0.301. The lowest BCUT2D eigenvalue weighted by atomic mass is 9.94. The molecule has 8 nitrogen and oxygen atoms in total. The molecule has 0 N–H and O–H groups in total. The van der Waals surface area contributed by atoms with Gasteiger partial charge in [0.25, 0.3) is 0 Å². The van der Waals surface area contributed by atoms with Gasteiger partial charge in [0, 0.05) is 18.7 Å². The van der Waals surface area contributed by atoms with Gasteiger partial charge in [0.2, 0.25) is 5.88 Å². The Morgan fingerprint density at radius 2 is 2.03 bits per heavy atom. The second kappa shape index (κ2) is 7.72. The maximum absolute atomic E-state index is 12.5. The van der Waals surface area contributed by atoms with Crippen molar-refractivity contribution in [2.45, 2.75) is 64.1 Å². The molecule has 0 saturated carbocycles. The van der Waals surface area contributed by atoms with E-state index in [0.717, 1.165) is 37.2 Å². The third kappa shape index (κ3) is 4.10. The average Bonchev–Trinajstić information content (AvgIpc) is 3.19. The van der Waals surface area contributed by atoms with Crippen LogP contribution in [0.25, 0.3) is 0 Å². The van der Waals surface area contributed by atoms with E-state index >= 15 is 0 Å². The fraction of sp³-hybridized carbons (Fsp3) is 0.682. The van der Waals surface area contributed by atoms with Crippen molar-refractivity contribution in [3.05, 3.63) is 23.4 Å². The molecule has 30 heavy (non-hydrogen) atoms. The van der Waals surface area contributed by atoms with Crippen molar-refractivity contribution in [3.63, 3.8) is 0 Å². The lowest BCUT2D eigenvalue weighted by Gasteiger charge is -2.32. The molecule has 1 amide bonds. The number of amides is 1. The number of fused-ring (bicyclic) bond motifs is 2. The van der Waals surface area contributed by atoms with Crippen molar-refractivity contribution in [1.82, 2.24) is 19.8 Å². The molecule has 0 bridgehead atoms. The van der Waals surface area contributed by atoms with E-state index in [-0.39, 0.29) is 11.6 Å². The molecule has 1 aromatic heterocycles. The lowest BCUT2D eigenvalue weighted by Crippen LogP contribution is -2.43. The van der Waals surface area contributed by atoms with E-state index in [9.17, 15) is 4.79 Å². The Labute approximate surface area is 178 Å². The maximum Gasteiger partial charge on any atom is 0.410 e. The van der Waals surface area contributed by atoms with E-state index in [1.54, 1.807) is 12.0 Å². The summed E-state index contributed by atoms with van der Waals surface area (Å²) < 4.78 is 17.1. The maximum atomic E-state index is 12.5. The zero-order valence-corrected chi connectivity index (χ0v) is 18.5. The molecule has 2 fully saturated rings. The molecule has 0 spiro atoms. The van der Waals surface area contributed by atoms with Crippen LogP contribution in [-0.2, 0) is 17.7 Å². The largest absolute Gasteiger partial charge is 0.481 e. The number of carbonyl (C=O) groups excluding carboxylic acids is 1. The quantitative estimate of drug-likeness (QED) is 0.699. The first kappa shape index (κ1) is 20.9. The lowest BCUT2D eigenvalue weighted by molar-refractivity contribution is 0.0218. The number of carbonyl (C=O) groups is 1. The Balaban J connectivity index is 1.50. The molecule has 2 saturated heterocycles. The van der Waals surface area contributed by atoms with Crippen LogP contribution in [0.4, 0.5) is 4.79 Å². The standard InChI is InChI=1S/C22H32N4O4/c1-15-11-22(8-6-9-26(22)12-15)14-29-19-23-17-13-25(20(27)30-21(2,3)4)10-7-16(17)18(24-19)28-5/h1,6-14H2,2-5H3/t22-/m0/s1. The van der Waals surface area contributed by atoms with E-state index in [0.29, 0.717) is 38.0 Å². The van der Waals surface area contributed by atoms with Crippen LogP contribution in [0.2, 0.25) is 0 Å². The highest BCUT2D eigenvalue weighted by Gasteiger charge is 2.46. The van der Waals surface area contributed by atoms with Crippen molar-refractivity contribution in [3.8, 4) is 11.9 Å². The summed E-state index contributed by atoms with van der Waals surface area (Å²) in [6.45, 7) is 13.2. The minimum atomic E-state index is -0.535. The molecule has 8 heteroatoms. The Bertz CT molecular complexity index is 850. The third-order valence-electron chi connectivity index (χ3n) is 6.06. The molecule has 0 unspecified atom stereocenters. The smallest absolute Gasteiger partial charge is 0.410 e. The van der Waals surface area contributed by atoms with Crippen LogP contribution in [0.5, 0.6) is 11.9 Å². The van der Waals surface area contributed by atoms with E-state index in [2.05, 4.69) is 21.4 Å². The first-order valence-corrected chi connectivity index (χ1v) is 10.7. The molecule has 164 valence electrons. The number of aromatic nitrogens is 2. The number of hydrogen-bond donors (Lipinski definition) is 0. The van der Waals surface area contributed by atoms with Crippen LogP contribution in [0.3, 0.4) is 0 Å². The molecule has 1 aromatic rings. The predicted octanol–water partition coefficient (Wildman–Crippen LogP) is 2.95. The Morgan fingerprint density at radius 3 is 2.77 bits per heavy atom. The van der Waals surface area contributed by atoms with Crippen molar-refractivity contribution < 1.29 is 19.0 Å². The molecule has 3 aliphatic rings. The van der Waals surface area contributed by atoms with Crippen molar-refractivity contribution in [1.29, 1.82) is 0 Å². The van der Waals surface area contributed by atoms with E-state index in [1.807, 2.05) is 20.8 Å². The first-order valence-electron chi connectivity index (χ1n) is 10.7. The second-order valence-electron chi connectivity index (χ2n) is 9.56. The van der Waals surface area contributed by atoms with Crippen LogP contribution in [0.1, 0.15) is 51.3 Å². The summed E-state index contributed by atoms with van der Waals surface area (Å²) in [5.41, 5.74) is 2.42. The molecule has 1 atom stereocenters. The SMILES string of the molecule is C=C1CN2CCC[C@@]2(COc2nc3c(c(OC)n2)CCN(C(=O)OC(C)(C)C)C3)C1. The summed E-state index contributed by atoms with van der Waals surface area (Å²) in [4.78, 5) is 25.8. The third-order valence-corrected chi connectivity index (χ3v) is 6.06. The second-order valence-corrected chi connectivity index (χ2v) is 9.56. The monoisotopic (exact) mass is 416 g/mol. The van der Waals surface area contributed by atoms with Crippen LogP contribution >= 0.6 is 0 Å². The molecule has 0 radical (unpaired) electrons. The fourth-order valence-corrected chi connectivity index (χ4v) is 4.74. The van der Waals surface area contributed by atoms with Gasteiger partial charge in [-0.1, -0.05) is 12.2 Å². The summed E-state index contributed by atoms with van der Waals surface area (Å²) in [5, 5.41) is 0. The number of methoxy groups -OCH3 is 1. The van der Waals surface area contributed by atoms with Crippen molar-refractivity contribution >= 4 is 6.09 Å². The zero-order valence-electron chi connectivity index (χ0n) is 18.5. The van der Waals surface area contributed by atoms with Gasteiger partial charge in [0.1, 0.15) is 12.2 Å². The van der Waals surface area contributed by atoms with Gasteiger partial charge < -0.3 is 19.1 Å². The van der Waals surface area contributed by atoms with Crippen LogP contribution in [0, 0.1) is 0 Å². The van der Waals surface area contributed by atoms with Crippen molar-refractivity contribution in [2.24, 2.45) is 0 Å². The number of nitrogens with zero attached hydrogens (tertiary/aromatic N) is 4. The first-order chi connectivity index (χ1) is 14.2. The van der Waals surface area contributed by atoms with Gasteiger partial charge in [-0.25, -0.2) is 4.79 Å². The summed E-state index contributed by atoms with van der Waals surface area (Å²) in [5.74, 6) is 0.524. The van der Waals surface area contributed by atoms with Gasteiger partial charge in [0.15, 0.2) is 0 Å². The van der Waals surface area contributed by atoms with Crippen LogP contribution in [-0.4, -0.2) is 70.4 Å². The fourth-order valence-electron chi connectivity index (χ4n) is 4.74. The zero-order chi connectivity index (χ0) is 21.5. The Kier molecular flexibility index (Phi) is 5.38. The number of ether oxygens (including phenoxy) is 3. The highest BCUT2D eigenvalue weighted by molar-refractivity contribution is 5.68. The van der Waals surface area contributed by atoms with Gasteiger partial charge in [-0.05, 0) is 53.0 Å². The Morgan fingerprint density at radius 1 is 1.23 bits per heavy atom. The molecule has 4 rings (SSSR count). The van der Waals surface area contributed by atoms with Crippen molar-refractivity contribution in [2.75, 3.05) is 33.4 Å². The molecule has 4 heterocycles. The highest BCUT2D eigenvalue weighted by Crippen LogP contribution is 2.41. The predicted molar refractivity (Wildman–Crippen MR) is 112 cm³/mol. The van der Waals surface area contributed by atoms with E-state index in [1.165, 1.54) is 12.0 Å². The summed E-state index contributed by atoms with van der Waals surface area (Å²) in [7, 11) is 1.60. The highest BCUT2D eigenvalue weighted by atomic mass is 16.6. The Hall–Kier alpha value is -2.35. The minimum Gasteiger partial charge on any atom is -0.481 e. The van der Waals surface area contributed by atoms with Gasteiger partial charge in [-0.2, -0.15) is 9.97 Å². The van der Waals surface area contributed by atoms with E-state index in [4.69, 9.17) is 14.2 Å². The van der Waals surface area contributed by atoms with Gasteiger partial charge in [-0.3, -0.25) is 4.90 Å². The van der Waals surface area contributed by atoms with Gasteiger partial charge in [-0.15, -0.1) is 0 Å². The van der Waals surface area contributed by atoms with E-state index < -0.39 is 5.60 Å². The average molecular weight is 417 g/mol. The molecule has 3 aliphatic heterocycles. The molecular formula is C22H32N4O4. The minimum absolute atomic E-state index is 0.00608. The topological polar surface area (TPSA) is 77.0 Å². The van der Waals surface area contributed by atoms with Gasteiger partial charge >= 0.3 is 12.1 Å². The van der Waals surface area contributed by atoms with Crippen LogP contribution in [0.15, 0.2) is 12.2 Å². The van der Waals surface area contributed by atoms with Gasteiger partial charge in [0.05, 0.1) is 24.9 Å². The normalized spacial score (nSPS) is 23.9. The van der Waals surface area contributed by atoms with Crippen LogP contribution < -0.4 is 9.47 Å². The number of hydrogen-bond acceptors (Lipinski definition) is 7. The summed E-state index contributed by atoms with van der Waals surface area (Å²) >= 11 is 0. The summed E-state index contributed by atoms with van der Waals surface area (Å²) in [6.07, 6.45) is 3.52. The molecular weight excluding hydrogens is 384 g/mol. The molecule has 0 aliphatic carbocycles. The number of rotatable bonds is 4. The molecule has 0 aromatic carbocycles.